The quantitative estimate of drug-likeness (QED) is 0.332. The van der Waals surface area contributed by atoms with E-state index in [1.54, 1.807) is 5.57 Å². The molecule has 208 valence electrons. The van der Waals surface area contributed by atoms with E-state index < -0.39 is 5.60 Å². The van der Waals surface area contributed by atoms with Crippen molar-refractivity contribution in [3.8, 4) is 0 Å². The van der Waals surface area contributed by atoms with Gasteiger partial charge in [-0.2, -0.15) is 0 Å². The lowest BCUT2D eigenvalue weighted by Gasteiger charge is -2.44. The van der Waals surface area contributed by atoms with Crippen molar-refractivity contribution < 1.29 is 14.6 Å². The van der Waals surface area contributed by atoms with Gasteiger partial charge in [0.15, 0.2) is 0 Å². The van der Waals surface area contributed by atoms with Gasteiger partial charge in [-0.25, -0.2) is 0 Å². The maximum Gasteiger partial charge on any atom is 0.309 e. The Hall–Kier alpha value is -1.35. The lowest BCUT2D eigenvalue weighted by Crippen LogP contribution is -2.36. The molecule has 3 nitrogen and oxygen atoms in total. The maximum atomic E-state index is 12.7. The van der Waals surface area contributed by atoms with Crippen LogP contribution in [-0.2, 0) is 9.53 Å². The molecule has 4 fully saturated rings. The average Bonchev–Trinajstić information content (AvgIpc) is 3.21. The Labute approximate surface area is 227 Å². The molecule has 0 aromatic heterocycles. The number of rotatable bonds is 8. The number of carbonyl (C=O) groups is 1. The van der Waals surface area contributed by atoms with Crippen LogP contribution in [0.1, 0.15) is 130 Å². The van der Waals surface area contributed by atoms with Gasteiger partial charge < -0.3 is 9.84 Å². The number of hydrogen-bond acceptors (Lipinski definition) is 3. The van der Waals surface area contributed by atoms with Crippen LogP contribution in [0, 0.1) is 29.1 Å². The molecule has 0 aromatic carbocycles. The monoisotopic (exact) mass is 510 g/mol. The molecule has 1 N–H and O–H groups in total. The summed E-state index contributed by atoms with van der Waals surface area (Å²) < 4.78 is 6.02. The van der Waals surface area contributed by atoms with Gasteiger partial charge in [0.2, 0.25) is 0 Å². The average molecular weight is 511 g/mol. The highest BCUT2D eigenvalue weighted by Gasteiger charge is 2.50. The topological polar surface area (TPSA) is 46.5 Å². The molecule has 4 aliphatic rings. The van der Waals surface area contributed by atoms with Gasteiger partial charge in [0, 0.05) is 6.42 Å². The summed E-state index contributed by atoms with van der Waals surface area (Å²) in [5, 5.41) is 10.1. The summed E-state index contributed by atoms with van der Waals surface area (Å²) in [7, 11) is 0. The summed E-state index contributed by atoms with van der Waals surface area (Å²) in [5.41, 5.74) is 4.01. The van der Waals surface area contributed by atoms with E-state index in [4.69, 9.17) is 4.74 Å². The molecule has 0 aromatic rings. The molecular formula is C34H54O3. The van der Waals surface area contributed by atoms with E-state index in [-0.39, 0.29) is 18.0 Å². The first-order chi connectivity index (χ1) is 17.6. The third-order valence-corrected chi connectivity index (χ3v) is 10.6. The van der Waals surface area contributed by atoms with Crippen LogP contribution >= 0.6 is 0 Å². The summed E-state index contributed by atoms with van der Waals surface area (Å²) in [5.74, 6) is 2.36. The normalized spacial score (nSPS) is 34.5. The van der Waals surface area contributed by atoms with Crippen molar-refractivity contribution in [3.05, 3.63) is 35.5 Å². The van der Waals surface area contributed by atoms with E-state index in [9.17, 15) is 9.90 Å². The Morgan fingerprint density at radius 1 is 1.11 bits per heavy atom. The van der Waals surface area contributed by atoms with Crippen LogP contribution in [0.3, 0.4) is 0 Å². The predicted octanol–water partition coefficient (Wildman–Crippen LogP) is 8.87. The number of aliphatic hydroxyl groups is 1. The highest BCUT2D eigenvalue weighted by Crippen LogP contribution is 2.60. The Morgan fingerprint density at radius 2 is 1.86 bits per heavy atom. The van der Waals surface area contributed by atoms with E-state index >= 15 is 0 Å². The Balaban J connectivity index is 1.38. The van der Waals surface area contributed by atoms with Crippen molar-refractivity contribution in [1.82, 2.24) is 0 Å². The minimum atomic E-state index is -0.549. The zero-order valence-corrected chi connectivity index (χ0v) is 24.3. The minimum Gasteiger partial charge on any atom is -0.462 e. The number of hydrogen-bond donors (Lipinski definition) is 1. The molecule has 37 heavy (non-hydrogen) atoms. The van der Waals surface area contributed by atoms with Crippen LogP contribution in [0.4, 0.5) is 0 Å². The first-order valence-corrected chi connectivity index (χ1v) is 15.6. The maximum absolute atomic E-state index is 12.7. The van der Waals surface area contributed by atoms with Crippen LogP contribution in [0.15, 0.2) is 35.5 Å². The van der Waals surface area contributed by atoms with Crippen LogP contribution < -0.4 is 0 Å². The zero-order valence-electron chi connectivity index (χ0n) is 24.3. The molecule has 0 aliphatic heterocycles. The number of allylic oxidation sites excluding steroid dienone is 4. The van der Waals surface area contributed by atoms with Gasteiger partial charge in [0.05, 0.1) is 11.5 Å². The molecule has 0 heterocycles. The van der Waals surface area contributed by atoms with Gasteiger partial charge >= 0.3 is 5.97 Å². The van der Waals surface area contributed by atoms with E-state index in [0.717, 1.165) is 50.9 Å². The highest BCUT2D eigenvalue weighted by atomic mass is 16.5. The molecule has 4 rings (SSSR count). The summed E-state index contributed by atoms with van der Waals surface area (Å²) in [6.45, 7) is 13.3. The highest BCUT2D eigenvalue weighted by molar-refractivity contribution is 5.72. The first-order valence-electron chi connectivity index (χ1n) is 15.6. The Bertz CT molecular complexity index is 868. The lowest BCUT2D eigenvalue weighted by molar-refractivity contribution is -0.155. The second kappa shape index (κ2) is 12.2. The minimum absolute atomic E-state index is 0.0156. The molecule has 4 aliphatic carbocycles. The third kappa shape index (κ3) is 7.20. The fourth-order valence-corrected chi connectivity index (χ4v) is 8.35. The van der Waals surface area contributed by atoms with Crippen LogP contribution in [0.25, 0.3) is 0 Å². The van der Waals surface area contributed by atoms with E-state index in [2.05, 4.69) is 32.6 Å². The molecule has 3 heteroatoms. The number of esters is 1. The van der Waals surface area contributed by atoms with Crippen LogP contribution in [-0.4, -0.2) is 22.8 Å². The van der Waals surface area contributed by atoms with Crippen molar-refractivity contribution in [2.75, 3.05) is 0 Å². The van der Waals surface area contributed by atoms with Gasteiger partial charge in [-0.15, -0.1) is 0 Å². The van der Waals surface area contributed by atoms with Gasteiger partial charge in [-0.3, -0.25) is 4.79 Å². The van der Waals surface area contributed by atoms with Crippen LogP contribution in [0.2, 0.25) is 0 Å². The van der Waals surface area contributed by atoms with Crippen LogP contribution in [0.5, 0.6) is 0 Å². The van der Waals surface area contributed by atoms with Gasteiger partial charge in [-0.05, 0) is 107 Å². The third-order valence-electron chi connectivity index (χ3n) is 10.6. The predicted molar refractivity (Wildman–Crippen MR) is 153 cm³/mol. The fourth-order valence-electron chi connectivity index (χ4n) is 8.35. The SMILES string of the molecule is C=C1CC[C@H](OC(=O)C2CCCCC2)C/C1=C/C=C1CCC[C@@]2(C)C1CC[C@@H]2[C@H](C)CCCC(C)(C)O. The van der Waals surface area contributed by atoms with Crippen molar-refractivity contribution in [1.29, 1.82) is 0 Å². The van der Waals surface area contributed by atoms with Crippen molar-refractivity contribution >= 4 is 5.97 Å². The number of ether oxygens (including phenoxy) is 1. The summed E-state index contributed by atoms with van der Waals surface area (Å²) in [4.78, 5) is 12.7. The smallest absolute Gasteiger partial charge is 0.309 e. The summed E-state index contributed by atoms with van der Waals surface area (Å²) >= 11 is 0. The van der Waals surface area contributed by atoms with Crippen molar-refractivity contribution in [2.24, 2.45) is 29.1 Å². The zero-order chi connectivity index (χ0) is 26.6. The van der Waals surface area contributed by atoms with Crippen molar-refractivity contribution in [2.45, 2.75) is 142 Å². The summed E-state index contributed by atoms with van der Waals surface area (Å²) in [6, 6.07) is 0. The van der Waals surface area contributed by atoms with Crippen molar-refractivity contribution in [3.63, 3.8) is 0 Å². The molecule has 0 spiro atoms. The fraction of sp³-hybridized carbons (Fsp3) is 0.794. The molecule has 1 unspecified atom stereocenters. The van der Waals surface area contributed by atoms with Gasteiger partial charge in [-0.1, -0.05) is 75.8 Å². The molecule has 0 radical (unpaired) electrons. The summed E-state index contributed by atoms with van der Waals surface area (Å²) in [6.07, 6.45) is 22.8. The lowest BCUT2D eigenvalue weighted by atomic mass is 9.60. The second-order valence-corrected chi connectivity index (χ2v) is 14.0. The molecule has 0 saturated heterocycles. The first kappa shape index (κ1) is 28.7. The number of carbonyl (C=O) groups excluding carboxylic acids is 1. The molecule has 5 atom stereocenters. The van der Waals surface area contributed by atoms with E-state index in [1.807, 2.05) is 13.8 Å². The van der Waals surface area contributed by atoms with Gasteiger partial charge in [0.1, 0.15) is 6.10 Å². The molecule has 4 saturated carbocycles. The van der Waals surface area contributed by atoms with E-state index in [0.29, 0.717) is 17.3 Å². The number of fused-ring (bicyclic) bond motifs is 1. The molecule has 0 amide bonds. The van der Waals surface area contributed by atoms with Gasteiger partial charge in [0.25, 0.3) is 0 Å². The Morgan fingerprint density at radius 3 is 2.59 bits per heavy atom. The van der Waals surface area contributed by atoms with E-state index in [1.165, 1.54) is 68.9 Å². The standard InChI is InChI=1S/C34H54O3/c1-24-15-18-29(37-32(35)27-12-7-6-8-13-27)23-28(24)17-16-26-14-10-22-34(5)30(19-20-31(26)34)25(2)11-9-21-33(3,4)36/h16-17,25,27,29-31,36H,1,6-15,18-23H2,2-5H3/b26-16?,28-17-/t25-,29+,30-,31?,34-/m1/s1. The second-order valence-electron chi connectivity index (χ2n) is 14.0. The largest absolute Gasteiger partial charge is 0.462 e. The molecule has 0 bridgehead atoms. The Kier molecular flexibility index (Phi) is 9.47. The molecular weight excluding hydrogens is 456 g/mol.